The van der Waals surface area contributed by atoms with Crippen molar-refractivity contribution in [3.63, 3.8) is 0 Å². The Bertz CT molecular complexity index is 536. The van der Waals surface area contributed by atoms with E-state index in [1.807, 2.05) is 12.1 Å². The van der Waals surface area contributed by atoms with E-state index in [0.717, 1.165) is 31.3 Å². The maximum atomic E-state index is 6.11. The van der Waals surface area contributed by atoms with Gasteiger partial charge in [0, 0.05) is 24.2 Å². The maximum absolute atomic E-state index is 6.11. The largest absolute Gasteiger partial charge is 0.379 e. The summed E-state index contributed by atoms with van der Waals surface area (Å²) >= 11 is 6.03. The summed E-state index contributed by atoms with van der Waals surface area (Å²) in [6.07, 6.45) is 4.96. The molecule has 6 heteroatoms. The Hall–Kier alpha value is -1.30. The first-order chi connectivity index (χ1) is 11.7. The van der Waals surface area contributed by atoms with E-state index in [2.05, 4.69) is 27.3 Å². The highest BCUT2D eigenvalue weighted by Crippen LogP contribution is 2.24. The number of nitrogens with zero attached hydrogens (tertiary/aromatic N) is 2. The zero-order chi connectivity index (χ0) is 16.8. The van der Waals surface area contributed by atoms with Gasteiger partial charge in [-0.25, -0.2) is 0 Å². The molecule has 1 aliphatic heterocycles. The summed E-state index contributed by atoms with van der Waals surface area (Å²) in [6, 6.07) is 8.74. The van der Waals surface area contributed by atoms with E-state index in [1.165, 1.54) is 31.2 Å². The number of hydrogen-bond donors (Lipinski definition) is 2. The summed E-state index contributed by atoms with van der Waals surface area (Å²) in [4.78, 5) is 7.05. The molecule has 0 amide bonds. The highest BCUT2D eigenvalue weighted by Gasteiger charge is 2.23. The number of halogens is 1. The molecule has 2 fully saturated rings. The van der Waals surface area contributed by atoms with Crippen LogP contribution >= 0.6 is 11.6 Å². The molecular formula is C18H27ClN4O. The molecule has 5 nitrogen and oxygen atoms in total. The van der Waals surface area contributed by atoms with Crippen LogP contribution in [0.25, 0.3) is 0 Å². The third-order valence-corrected chi connectivity index (χ3v) is 5.13. The van der Waals surface area contributed by atoms with Gasteiger partial charge in [0.05, 0.1) is 25.8 Å². The van der Waals surface area contributed by atoms with Gasteiger partial charge in [-0.15, -0.1) is 0 Å². The fourth-order valence-electron chi connectivity index (χ4n) is 3.52. The van der Waals surface area contributed by atoms with Gasteiger partial charge in [0.25, 0.3) is 0 Å². The minimum absolute atomic E-state index is 0.204. The van der Waals surface area contributed by atoms with Gasteiger partial charge in [-0.1, -0.05) is 36.6 Å². The molecule has 1 saturated carbocycles. The Balaban J connectivity index is 1.67. The Kier molecular flexibility index (Phi) is 6.35. The van der Waals surface area contributed by atoms with Gasteiger partial charge >= 0.3 is 0 Å². The Morgan fingerprint density at radius 2 is 1.92 bits per heavy atom. The van der Waals surface area contributed by atoms with Crippen molar-refractivity contribution < 1.29 is 4.74 Å². The number of morpholine rings is 1. The lowest BCUT2D eigenvalue weighted by molar-refractivity contribution is 0.0180. The Morgan fingerprint density at radius 3 is 2.58 bits per heavy atom. The van der Waals surface area contributed by atoms with Crippen molar-refractivity contribution in [2.75, 3.05) is 32.8 Å². The third kappa shape index (κ3) is 4.85. The summed E-state index contributed by atoms with van der Waals surface area (Å²) in [6.45, 7) is 4.01. The molecule has 0 aromatic heterocycles. The van der Waals surface area contributed by atoms with E-state index in [0.29, 0.717) is 18.5 Å². The van der Waals surface area contributed by atoms with Crippen LogP contribution in [0.1, 0.15) is 37.3 Å². The normalized spacial score (nSPS) is 21.8. The molecule has 0 radical (unpaired) electrons. The van der Waals surface area contributed by atoms with Crippen LogP contribution in [0.5, 0.6) is 0 Å². The number of nitrogens with two attached hydrogens (primary N) is 1. The van der Waals surface area contributed by atoms with Crippen LogP contribution in [-0.2, 0) is 4.74 Å². The van der Waals surface area contributed by atoms with Gasteiger partial charge < -0.3 is 15.8 Å². The minimum Gasteiger partial charge on any atom is -0.379 e. The molecular weight excluding hydrogens is 324 g/mol. The summed E-state index contributed by atoms with van der Waals surface area (Å²) in [7, 11) is 0. The van der Waals surface area contributed by atoms with E-state index in [-0.39, 0.29) is 6.04 Å². The molecule has 3 rings (SSSR count). The Labute approximate surface area is 149 Å². The van der Waals surface area contributed by atoms with Crippen molar-refractivity contribution >= 4 is 17.6 Å². The molecule has 1 heterocycles. The monoisotopic (exact) mass is 350 g/mol. The standard InChI is InChI=1S/C18H27ClN4O/c19-15-7-5-14(6-8-15)17(23-9-11-24-12-10-23)13-21-18(20)22-16-3-1-2-4-16/h5-8,16-17H,1-4,9-13H2,(H3,20,21,22). The van der Waals surface area contributed by atoms with Crippen molar-refractivity contribution in [3.8, 4) is 0 Å². The Morgan fingerprint density at radius 1 is 1.25 bits per heavy atom. The highest BCUT2D eigenvalue weighted by molar-refractivity contribution is 6.30. The smallest absolute Gasteiger partial charge is 0.188 e. The number of benzene rings is 1. The minimum atomic E-state index is 0.204. The summed E-state index contributed by atoms with van der Waals surface area (Å²) in [5, 5.41) is 4.12. The summed E-state index contributed by atoms with van der Waals surface area (Å²) < 4.78 is 5.48. The van der Waals surface area contributed by atoms with Gasteiger partial charge in [-0.3, -0.25) is 9.89 Å². The van der Waals surface area contributed by atoms with Crippen molar-refractivity contribution in [2.45, 2.75) is 37.8 Å². The van der Waals surface area contributed by atoms with Gasteiger partial charge in [0.15, 0.2) is 5.96 Å². The molecule has 1 atom stereocenters. The first kappa shape index (κ1) is 17.5. The molecule has 0 spiro atoms. The molecule has 2 aliphatic rings. The molecule has 1 aliphatic carbocycles. The first-order valence-corrected chi connectivity index (χ1v) is 9.24. The second-order valence-corrected chi connectivity index (χ2v) is 7.00. The molecule has 1 saturated heterocycles. The van der Waals surface area contributed by atoms with Crippen molar-refractivity contribution in [1.82, 2.24) is 10.2 Å². The number of ether oxygens (including phenoxy) is 1. The van der Waals surface area contributed by atoms with Crippen LogP contribution in [0.15, 0.2) is 29.3 Å². The lowest BCUT2D eigenvalue weighted by atomic mass is 10.0. The van der Waals surface area contributed by atoms with Crippen LogP contribution in [0.3, 0.4) is 0 Å². The van der Waals surface area contributed by atoms with E-state index in [9.17, 15) is 0 Å². The highest BCUT2D eigenvalue weighted by atomic mass is 35.5. The van der Waals surface area contributed by atoms with Crippen LogP contribution in [0.4, 0.5) is 0 Å². The molecule has 3 N–H and O–H groups in total. The quantitative estimate of drug-likeness (QED) is 0.633. The van der Waals surface area contributed by atoms with Gasteiger partial charge in [-0.2, -0.15) is 0 Å². The van der Waals surface area contributed by atoms with E-state index < -0.39 is 0 Å². The topological polar surface area (TPSA) is 62.9 Å². The van der Waals surface area contributed by atoms with E-state index in [4.69, 9.17) is 22.1 Å². The summed E-state index contributed by atoms with van der Waals surface area (Å²) in [5.74, 6) is 0.564. The second-order valence-electron chi connectivity index (χ2n) is 6.57. The third-order valence-electron chi connectivity index (χ3n) is 4.88. The zero-order valence-corrected chi connectivity index (χ0v) is 14.8. The molecule has 132 valence electrons. The lowest BCUT2D eigenvalue weighted by Crippen LogP contribution is -2.42. The molecule has 1 aromatic rings. The zero-order valence-electron chi connectivity index (χ0n) is 14.1. The van der Waals surface area contributed by atoms with Crippen LogP contribution in [-0.4, -0.2) is 49.7 Å². The van der Waals surface area contributed by atoms with Crippen LogP contribution in [0, 0.1) is 0 Å². The lowest BCUT2D eigenvalue weighted by Gasteiger charge is -2.34. The fourth-order valence-corrected chi connectivity index (χ4v) is 3.64. The number of guanidine groups is 1. The molecule has 0 bridgehead atoms. The molecule has 1 unspecified atom stereocenters. The van der Waals surface area contributed by atoms with Crippen molar-refractivity contribution in [1.29, 1.82) is 0 Å². The fraction of sp³-hybridized carbons (Fsp3) is 0.611. The van der Waals surface area contributed by atoms with E-state index >= 15 is 0 Å². The number of rotatable bonds is 5. The van der Waals surface area contributed by atoms with Crippen molar-refractivity contribution in [3.05, 3.63) is 34.9 Å². The molecule has 1 aromatic carbocycles. The second kappa shape index (κ2) is 8.70. The van der Waals surface area contributed by atoms with Crippen LogP contribution < -0.4 is 11.1 Å². The molecule has 24 heavy (non-hydrogen) atoms. The average Bonchev–Trinajstić information content (AvgIpc) is 3.10. The average molecular weight is 351 g/mol. The van der Waals surface area contributed by atoms with Gasteiger partial charge in [0.1, 0.15) is 0 Å². The predicted octanol–water partition coefficient (Wildman–Crippen LogP) is 2.56. The number of nitrogens with one attached hydrogen (secondary N) is 1. The first-order valence-electron chi connectivity index (χ1n) is 8.86. The summed E-state index contributed by atoms with van der Waals surface area (Å²) in [5.41, 5.74) is 7.33. The van der Waals surface area contributed by atoms with Gasteiger partial charge in [-0.05, 0) is 30.5 Å². The van der Waals surface area contributed by atoms with Crippen molar-refractivity contribution in [2.24, 2.45) is 10.7 Å². The van der Waals surface area contributed by atoms with E-state index in [1.54, 1.807) is 0 Å². The predicted molar refractivity (Wildman–Crippen MR) is 98.5 cm³/mol. The van der Waals surface area contributed by atoms with Crippen LogP contribution in [0.2, 0.25) is 5.02 Å². The maximum Gasteiger partial charge on any atom is 0.188 e. The number of hydrogen-bond acceptors (Lipinski definition) is 3. The SMILES string of the molecule is NC(=NCC(c1ccc(Cl)cc1)N1CCOCC1)NC1CCCC1. The van der Waals surface area contributed by atoms with Gasteiger partial charge in [0.2, 0.25) is 0 Å². The number of aliphatic imine (C=N–C) groups is 1.